The van der Waals surface area contributed by atoms with Gasteiger partial charge in [0, 0.05) is 51.4 Å². The van der Waals surface area contributed by atoms with Crippen molar-refractivity contribution >= 4 is 11.7 Å². The first-order chi connectivity index (χ1) is 12.1. The molecule has 0 radical (unpaired) electrons. The summed E-state index contributed by atoms with van der Waals surface area (Å²) in [5.74, 6) is 1.28. The minimum absolute atomic E-state index is 0.0915. The van der Waals surface area contributed by atoms with Crippen LogP contribution in [0, 0.1) is 0 Å². The largest absolute Gasteiger partial charge is 0.363 e. The summed E-state index contributed by atoms with van der Waals surface area (Å²) in [4.78, 5) is 21.1. The Morgan fingerprint density at radius 3 is 2.72 bits per heavy atom. The van der Waals surface area contributed by atoms with Crippen LogP contribution in [0.25, 0.3) is 0 Å². The van der Waals surface area contributed by atoms with Gasteiger partial charge in [-0.3, -0.25) is 4.79 Å². The lowest BCUT2D eigenvalue weighted by atomic mass is 9.90. The molecule has 1 fully saturated rings. The first-order valence-corrected chi connectivity index (χ1v) is 8.80. The second-order valence-corrected chi connectivity index (χ2v) is 6.83. The van der Waals surface area contributed by atoms with Crippen molar-refractivity contribution in [2.24, 2.45) is 5.73 Å². The number of pyridine rings is 1. The van der Waals surface area contributed by atoms with Crippen molar-refractivity contribution in [3.05, 3.63) is 59.3 Å². The number of hydrogen-bond acceptors (Lipinski definition) is 4. The molecular formula is C20H26N4O. The molecule has 0 spiro atoms. The summed E-state index contributed by atoms with van der Waals surface area (Å²) in [5, 5.41) is 0. The van der Waals surface area contributed by atoms with Gasteiger partial charge >= 0.3 is 0 Å². The van der Waals surface area contributed by atoms with Crippen LogP contribution in [0.2, 0.25) is 0 Å². The monoisotopic (exact) mass is 338 g/mol. The number of carbonyl (C=O) groups excluding carboxylic acids is 1. The molecule has 2 aromatic rings. The van der Waals surface area contributed by atoms with E-state index in [1.807, 2.05) is 30.0 Å². The molecule has 1 aromatic heterocycles. The zero-order chi connectivity index (χ0) is 17.8. The van der Waals surface area contributed by atoms with Crippen molar-refractivity contribution < 1.29 is 4.79 Å². The Bertz CT molecular complexity index is 727. The number of benzene rings is 1. The molecule has 0 aliphatic carbocycles. The zero-order valence-corrected chi connectivity index (χ0v) is 15.0. The summed E-state index contributed by atoms with van der Waals surface area (Å²) in [6.45, 7) is 2.14. The summed E-state index contributed by atoms with van der Waals surface area (Å²) in [5.41, 5.74) is 8.81. The Morgan fingerprint density at radius 2 is 2.04 bits per heavy atom. The van der Waals surface area contributed by atoms with Gasteiger partial charge in [0.25, 0.3) is 5.91 Å². The van der Waals surface area contributed by atoms with Crippen LogP contribution in [0.15, 0.2) is 42.6 Å². The number of hydrogen-bond donors (Lipinski definition) is 1. The maximum atomic E-state index is 12.9. The van der Waals surface area contributed by atoms with E-state index < -0.39 is 0 Å². The molecule has 1 unspecified atom stereocenters. The summed E-state index contributed by atoms with van der Waals surface area (Å²) < 4.78 is 0. The molecule has 1 saturated heterocycles. The van der Waals surface area contributed by atoms with Gasteiger partial charge in [0.05, 0.1) is 0 Å². The number of nitrogens with zero attached hydrogens (tertiary/aromatic N) is 3. The van der Waals surface area contributed by atoms with Gasteiger partial charge in [-0.05, 0) is 36.1 Å². The normalized spacial score (nSPS) is 17.4. The summed E-state index contributed by atoms with van der Waals surface area (Å²) in [6, 6.07) is 12.1. The predicted molar refractivity (Wildman–Crippen MR) is 101 cm³/mol. The van der Waals surface area contributed by atoms with Crippen molar-refractivity contribution in [3.8, 4) is 0 Å². The number of anilines is 1. The molecule has 1 atom stereocenters. The molecule has 0 saturated carbocycles. The molecule has 2 N–H and O–H groups in total. The first-order valence-electron chi connectivity index (χ1n) is 8.80. The predicted octanol–water partition coefficient (Wildman–Crippen LogP) is 2.63. The third-order valence-corrected chi connectivity index (χ3v) is 4.85. The van der Waals surface area contributed by atoms with Crippen LogP contribution in [0.3, 0.4) is 0 Å². The van der Waals surface area contributed by atoms with E-state index in [1.165, 1.54) is 5.56 Å². The number of amides is 1. The van der Waals surface area contributed by atoms with Crippen LogP contribution in [0.4, 0.5) is 5.82 Å². The highest BCUT2D eigenvalue weighted by molar-refractivity contribution is 5.95. The number of rotatable bonds is 4. The molecule has 25 heavy (non-hydrogen) atoms. The fourth-order valence-corrected chi connectivity index (χ4v) is 3.34. The Labute approximate surface area is 149 Å². The van der Waals surface area contributed by atoms with Crippen molar-refractivity contribution in [1.29, 1.82) is 0 Å². The molecular weight excluding hydrogens is 312 g/mol. The van der Waals surface area contributed by atoms with Crippen LogP contribution < -0.4 is 10.6 Å². The lowest BCUT2D eigenvalue weighted by molar-refractivity contribution is 0.0707. The minimum atomic E-state index is 0.0915. The average Bonchev–Trinajstić information content (AvgIpc) is 2.67. The lowest BCUT2D eigenvalue weighted by Gasteiger charge is -2.33. The molecule has 0 bridgehead atoms. The lowest BCUT2D eigenvalue weighted by Crippen LogP contribution is -2.39. The van der Waals surface area contributed by atoms with E-state index in [1.54, 1.807) is 12.3 Å². The van der Waals surface area contributed by atoms with Crippen LogP contribution in [-0.4, -0.2) is 43.0 Å². The highest BCUT2D eigenvalue weighted by atomic mass is 16.2. The SMILES string of the molecule is CN(C)c1cc(C(=O)N2CCCC(c3ccc(CN)cc3)C2)ccn1. The summed E-state index contributed by atoms with van der Waals surface area (Å²) >= 11 is 0. The van der Waals surface area contributed by atoms with Gasteiger partial charge in [-0.2, -0.15) is 0 Å². The smallest absolute Gasteiger partial charge is 0.254 e. The van der Waals surface area contributed by atoms with E-state index >= 15 is 0 Å². The van der Waals surface area contributed by atoms with Gasteiger partial charge in [-0.1, -0.05) is 24.3 Å². The van der Waals surface area contributed by atoms with Crippen molar-refractivity contribution in [2.45, 2.75) is 25.3 Å². The Hall–Kier alpha value is -2.40. The third kappa shape index (κ3) is 3.99. The molecule has 1 aliphatic rings. The van der Waals surface area contributed by atoms with Crippen molar-refractivity contribution in [2.75, 3.05) is 32.1 Å². The highest BCUT2D eigenvalue weighted by Gasteiger charge is 2.25. The van der Waals surface area contributed by atoms with Crippen LogP contribution in [-0.2, 0) is 6.54 Å². The fraction of sp³-hybridized carbons (Fsp3) is 0.400. The van der Waals surface area contributed by atoms with E-state index in [0.29, 0.717) is 18.0 Å². The molecule has 1 aromatic carbocycles. The Kier molecular flexibility index (Phi) is 5.34. The van der Waals surface area contributed by atoms with Gasteiger partial charge in [-0.15, -0.1) is 0 Å². The first kappa shape index (κ1) is 17.4. The second kappa shape index (κ2) is 7.66. The van der Waals surface area contributed by atoms with Gasteiger partial charge in [0.1, 0.15) is 5.82 Å². The Morgan fingerprint density at radius 1 is 1.28 bits per heavy atom. The topological polar surface area (TPSA) is 62.5 Å². The van der Waals surface area contributed by atoms with E-state index in [4.69, 9.17) is 5.73 Å². The molecule has 1 amide bonds. The van der Waals surface area contributed by atoms with Crippen LogP contribution in [0.1, 0.15) is 40.2 Å². The van der Waals surface area contributed by atoms with E-state index in [9.17, 15) is 4.79 Å². The Balaban J connectivity index is 1.74. The molecule has 3 rings (SSSR count). The maximum Gasteiger partial charge on any atom is 0.254 e. The zero-order valence-electron chi connectivity index (χ0n) is 15.0. The molecule has 132 valence electrons. The minimum Gasteiger partial charge on any atom is -0.363 e. The second-order valence-electron chi connectivity index (χ2n) is 6.83. The van der Waals surface area contributed by atoms with Gasteiger partial charge in [-0.25, -0.2) is 4.98 Å². The van der Waals surface area contributed by atoms with E-state index in [-0.39, 0.29) is 5.91 Å². The van der Waals surface area contributed by atoms with Gasteiger partial charge in [0.2, 0.25) is 0 Å². The molecule has 2 heterocycles. The summed E-state index contributed by atoms with van der Waals surface area (Å²) in [6.07, 6.45) is 3.85. The van der Waals surface area contributed by atoms with Crippen LogP contribution in [0.5, 0.6) is 0 Å². The van der Waals surface area contributed by atoms with Gasteiger partial charge < -0.3 is 15.5 Å². The standard InChI is InChI=1S/C20H26N4O/c1-23(2)19-12-17(9-10-22-19)20(25)24-11-3-4-18(14-24)16-7-5-15(13-21)6-8-16/h5-10,12,18H,3-4,11,13-14,21H2,1-2H3. The van der Waals surface area contributed by atoms with E-state index in [2.05, 4.69) is 29.2 Å². The number of likely N-dealkylation sites (tertiary alicyclic amines) is 1. The fourth-order valence-electron chi connectivity index (χ4n) is 3.34. The van der Waals surface area contributed by atoms with E-state index in [0.717, 1.165) is 37.3 Å². The number of aromatic nitrogens is 1. The third-order valence-electron chi connectivity index (χ3n) is 4.85. The van der Waals surface area contributed by atoms with Crippen LogP contribution >= 0.6 is 0 Å². The average molecular weight is 338 g/mol. The molecule has 1 aliphatic heterocycles. The maximum absolute atomic E-state index is 12.9. The highest BCUT2D eigenvalue weighted by Crippen LogP contribution is 2.28. The number of nitrogens with two attached hydrogens (primary N) is 1. The number of piperidine rings is 1. The van der Waals surface area contributed by atoms with Crippen molar-refractivity contribution in [1.82, 2.24) is 9.88 Å². The molecule has 5 heteroatoms. The quantitative estimate of drug-likeness (QED) is 0.931. The molecule has 5 nitrogen and oxygen atoms in total. The van der Waals surface area contributed by atoms with Gasteiger partial charge in [0.15, 0.2) is 0 Å². The van der Waals surface area contributed by atoms with Crippen molar-refractivity contribution in [3.63, 3.8) is 0 Å². The summed E-state index contributed by atoms with van der Waals surface area (Å²) in [7, 11) is 3.86. The number of carbonyl (C=O) groups is 1.